The SMILES string of the molecule is Nc1cc(I)c(F)cc1NCCc1ccc(Cl)cc1. The Morgan fingerprint density at radius 1 is 1.21 bits per heavy atom. The highest BCUT2D eigenvalue weighted by molar-refractivity contribution is 14.1. The lowest BCUT2D eigenvalue weighted by Crippen LogP contribution is -2.07. The number of nitrogens with one attached hydrogen (secondary N) is 1. The molecule has 19 heavy (non-hydrogen) atoms. The summed E-state index contributed by atoms with van der Waals surface area (Å²) in [6.07, 6.45) is 0.824. The van der Waals surface area contributed by atoms with Crippen molar-refractivity contribution in [1.82, 2.24) is 0 Å². The molecule has 100 valence electrons. The van der Waals surface area contributed by atoms with Gasteiger partial charge in [0, 0.05) is 17.6 Å². The number of hydrogen-bond donors (Lipinski definition) is 2. The zero-order chi connectivity index (χ0) is 13.8. The van der Waals surface area contributed by atoms with Gasteiger partial charge in [0.1, 0.15) is 5.82 Å². The van der Waals surface area contributed by atoms with Crippen LogP contribution in [-0.4, -0.2) is 6.54 Å². The summed E-state index contributed by atoms with van der Waals surface area (Å²) in [6.45, 7) is 0.686. The van der Waals surface area contributed by atoms with Crippen molar-refractivity contribution in [3.05, 3.63) is 56.4 Å². The van der Waals surface area contributed by atoms with E-state index < -0.39 is 0 Å². The zero-order valence-electron chi connectivity index (χ0n) is 10.1. The molecule has 2 rings (SSSR count). The topological polar surface area (TPSA) is 38.0 Å². The predicted molar refractivity (Wildman–Crippen MR) is 87.2 cm³/mol. The largest absolute Gasteiger partial charge is 0.397 e. The van der Waals surface area contributed by atoms with Crippen LogP contribution in [0.15, 0.2) is 36.4 Å². The minimum Gasteiger partial charge on any atom is -0.397 e. The molecule has 0 saturated carbocycles. The summed E-state index contributed by atoms with van der Waals surface area (Å²) in [5, 5.41) is 3.87. The van der Waals surface area contributed by atoms with Crippen LogP contribution in [-0.2, 0) is 6.42 Å². The number of nitrogens with two attached hydrogens (primary N) is 1. The molecule has 0 aliphatic rings. The van der Waals surface area contributed by atoms with Gasteiger partial charge in [0.15, 0.2) is 0 Å². The molecule has 0 heterocycles. The molecule has 0 bridgehead atoms. The van der Waals surface area contributed by atoms with Gasteiger partial charge in [-0.1, -0.05) is 23.7 Å². The van der Waals surface area contributed by atoms with Crippen molar-refractivity contribution in [3.63, 3.8) is 0 Å². The monoisotopic (exact) mass is 390 g/mol. The lowest BCUT2D eigenvalue weighted by molar-refractivity contribution is 0.621. The van der Waals surface area contributed by atoms with Gasteiger partial charge in [-0.15, -0.1) is 0 Å². The second kappa shape index (κ2) is 6.43. The van der Waals surface area contributed by atoms with Gasteiger partial charge in [-0.2, -0.15) is 0 Å². The Bertz CT molecular complexity index is 572. The van der Waals surface area contributed by atoms with Crippen LogP contribution in [0, 0.1) is 9.39 Å². The zero-order valence-corrected chi connectivity index (χ0v) is 13.0. The third-order valence-corrected chi connectivity index (χ3v) is 3.81. The second-order valence-corrected chi connectivity index (χ2v) is 5.76. The molecular weight excluding hydrogens is 378 g/mol. The summed E-state index contributed by atoms with van der Waals surface area (Å²) in [7, 11) is 0. The van der Waals surface area contributed by atoms with E-state index in [1.165, 1.54) is 11.6 Å². The predicted octanol–water partition coefficient (Wildman–Crippen LogP) is 4.32. The van der Waals surface area contributed by atoms with Crippen LogP contribution in [0.2, 0.25) is 5.02 Å². The number of halogens is 3. The Hall–Kier alpha value is -1.01. The maximum atomic E-state index is 13.4. The molecule has 0 radical (unpaired) electrons. The van der Waals surface area contributed by atoms with E-state index in [9.17, 15) is 4.39 Å². The van der Waals surface area contributed by atoms with Crippen molar-refractivity contribution >= 4 is 45.6 Å². The van der Waals surface area contributed by atoms with Crippen LogP contribution in [0.5, 0.6) is 0 Å². The Kier molecular flexibility index (Phi) is 4.87. The van der Waals surface area contributed by atoms with Crippen molar-refractivity contribution in [1.29, 1.82) is 0 Å². The summed E-state index contributed by atoms with van der Waals surface area (Å²) < 4.78 is 14.0. The van der Waals surface area contributed by atoms with Crippen LogP contribution in [0.25, 0.3) is 0 Å². The third-order valence-electron chi connectivity index (χ3n) is 2.73. The van der Waals surface area contributed by atoms with Gasteiger partial charge in [0.05, 0.1) is 14.9 Å². The average molecular weight is 391 g/mol. The van der Waals surface area contributed by atoms with Gasteiger partial charge in [-0.3, -0.25) is 0 Å². The Balaban J connectivity index is 1.96. The van der Waals surface area contributed by atoms with Gasteiger partial charge in [-0.25, -0.2) is 4.39 Å². The first-order valence-corrected chi connectivity index (χ1v) is 7.25. The molecule has 0 aromatic heterocycles. The molecular formula is C14H13ClFIN2. The highest BCUT2D eigenvalue weighted by Crippen LogP contribution is 2.24. The molecule has 0 fully saturated rings. The minimum absolute atomic E-state index is 0.260. The molecule has 0 aliphatic heterocycles. The average Bonchev–Trinajstić information content (AvgIpc) is 2.38. The second-order valence-electron chi connectivity index (χ2n) is 4.16. The van der Waals surface area contributed by atoms with E-state index in [4.69, 9.17) is 17.3 Å². The first-order chi connectivity index (χ1) is 9.06. The standard InChI is InChI=1S/C14H13ClFIN2/c15-10-3-1-9(2-4-10)5-6-19-14-7-11(16)12(17)8-13(14)18/h1-4,7-8,19H,5-6,18H2. The molecule has 0 aliphatic carbocycles. The fourth-order valence-corrected chi connectivity index (χ4v) is 2.33. The van der Waals surface area contributed by atoms with Gasteiger partial charge < -0.3 is 11.1 Å². The lowest BCUT2D eigenvalue weighted by Gasteiger charge is -2.10. The lowest BCUT2D eigenvalue weighted by atomic mass is 10.1. The summed E-state index contributed by atoms with van der Waals surface area (Å²) in [4.78, 5) is 0. The fourth-order valence-electron chi connectivity index (χ4n) is 1.71. The number of anilines is 2. The van der Waals surface area contributed by atoms with E-state index in [-0.39, 0.29) is 5.82 Å². The van der Waals surface area contributed by atoms with Crippen molar-refractivity contribution in [2.75, 3.05) is 17.6 Å². The number of nitrogen functional groups attached to an aromatic ring is 1. The van der Waals surface area contributed by atoms with Gasteiger partial charge >= 0.3 is 0 Å². The maximum Gasteiger partial charge on any atom is 0.138 e. The molecule has 2 aromatic rings. The molecule has 0 unspecified atom stereocenters. The van der Waals surface area contributed by atoms with Crippen LogP contribution in [0.3, 0.4) is 0 Å². The molecule has 0 atom stereocenters. The van der Waals surface area contributed by atoms with E-state index in [1.807, 2.05) is 46.9 Å². The molecule has 0 spiro atoms. The van der Waals surface area contributed by atoms with Gasteiger partial charge in [-0.05, 0) is 52.8 Å². The Morgan fingerprint density at radius 2 is 1.89 bits per heavy atom. The first-order valence-electron chi connectivity index (χ1n) is 5.79. The summed E-state index contributed by atoms with van der Waals surface area (Å²) >= 11 is 7.74. The van der Waals surface area contributed by atoms with Crippen LogP contribution < -0.4 is 11.1 Å². The summed E-state index contributed by atoms with van der Waals surface area (Å²) in [5.74, 6) is -0.260. The highest BCUT2D eigenvalue weighted by Gasteiger charge is 2.05. The molecule has 3 N–H and O–H groups in total. The van der Waals surface area contributed by atoms with Crippen LogP contribution in [0.4, 0.5) is 15.8 Å². The first kappa shape index (κ1) is 14.4. The number of hydrogen-bond acceptors (Lipinski definition) is 2. The quantitative estimate of drug-likeness (QED) is 0.603. The molecule has 2 nitrogen and oxygen atoms in total. The number of benzene rings is 2. The van der Waals surface area contributed by atoms with Crippen LogP contribution >= 0.6 is 34.2 Å². The normalized spacial score (nSPS) is 10.5. The van der Waals surface area contributed by atoms with E-state index in [0.717, 1.165) is 11.4 Å². The van der Waals surface area contributed by atoms with Crippen molar-refractivity contribution in [2.45, 2.75) is 6.42 Å². The van der Waals surface area contributed by atoms with Crippen molar-refractivity contribution < 1.29 is 4.39 Å². The van der Waals surface area contributed by atoms with Crippen molar-refractivity contribution in [3.8, 4) is 0 Å². The maximum absolute atomic E-state index is 13.4. The Labute approximate surface area is 130 Å². The van der Waals surface area contributed by atoms with E-state index >= 15 is 0 Å². The van der Waals surface area contributed by atoms with E-state index in [2.05, 4.69) is 5.32 Å². The Morgan fingerprint density at radius 3 is 2.58 bits per heavy atom. The van der Waals surface area contributed by atoms with Crippen molar-refractivity contribution in [2.24, 2.45) is 0 Å². The van der Waals surface area contributed by atoms with E-state index in [1.54, 1.807) is 6.07 Å². The third kappa shape index (κ3) is 3.98. The van der Waals surface area contributed by atoms with E-state index in [0.29, 0.717) is 21.5 Å². The summed E-state index contributed by atoms with van der Waals surface area (Å²) in [6, 6.07) is 10.7. The van der Waals surface area contributed by atoms with Gasteiger partial charge in [0.2, 0.25) is 0 Å². The van der Waals surface area contributed by atoms with Gasteiger partial charge in [0.25, 0.3) is 0 Å². The fraction of sp³-hybridized carbons (Fsp3) is 0.143. The number of rotatable bonds is 4. The molecule has 2 aromatic carbocycles. The molecule has 0 saturated heterocycles. The van der Waals surface area contributed by atoms with Crippen LogP contribution in [0.1, 0.15) is 5.56 Å². The summed E-state index contributed by atoms with van der Waals surface area (Å²) in [5.41, 5.74) is 8.19. The minimum atomic E-state index is -0.260. The molecule has 0 amide bonds. The smallest absolute Gasteiger partial charge is 0.138 e. The molecule has 5 heteroatoms. The highest BCUT2D eigenvalue weighted by atomic mass is 127.